The lowest BCUT2D eigenvalue weighted by atomic mass is 9.95. The van der Waals surface area contributed by atoms with Crippen LogP contribution in [0.3, 0.4) is 0 Å². The van der Waals surface area contributed by atoms with E-state index >= 15 is 0 Å². The highest BCUT2D eigenvalue weighted by Gasteiger charge is 2.19. The van der Waals surface area contributed by atoms with Gasteiger partial charge in [-0.1, -0.05) is 11.3 Å². The number of nitrogens with one attached hydrogen (secondary N) is 1. The standard InChI is InChI=1S/C18H18FN5S/c1-11-7-23-8-13(6-14(19)17(23)21-11)16-10-24-9-15(22-18(24)25-16)12-2-4-20-5-3-12/h6-10,12,20H,2-5H2,1H3. The second-order valence-electron chi connectivity index (χ2n) is 6.67. The maximum Gasteiger partial charge on any atom is 0.194 e. The van der Waals surface area contributed by atoms with Crippen molar-refractivity contribution in [3.8, 4) is 10.4 Å². The topological polar surface area (TPSA) is 46.6 Å². The number of thiazole rings is 1. The molecule has 0 bridgehead atoms. The quantitative estimate of drug-likeness (QED) is 0.597. The Balaban J connectivity index is 1.53. The van der Waals surface area contributed by atoms with Crippen LogP contribution < -0.4 is 5.32 Å². The van der Waals surface area contributed by atoms with Gasteiger partial charge in [0.05, 0.1) is 16.3 Å². The summed E-state index contributed by atoms with van der Waals surface area (Å²) < 4.78 is 18.1. The number of nitrogens with zero attached hydrogens (tertiary/aromatic N) is 4. The molecule has 1 fully saturated rings. The van der Waals surface area contributed by atoms with E-state index in [-0.39, 0.29) is 5.82 Å². The van der Waals surface area contributed by atoms with Crippen molar-refractivity contribution in [3.63, 3.8) is 0 Å². The molecule has 7 heteroatoms. The minimum atomic E-state index is -0.299. The lowest BCUT2D eigenvalue weighted by Crippen LogP contribution is -2.26. The van der Waals surface area contributed by atoms with Crippen molar-refractivity contribution in [2.75, 3.05) is 13.1 Å². The molecule has 0 aromatic carbocycles. The first kappa shape index (κ1) is 15.0. The van der Waals surface area contributed by atoms with Gasteiger partial charge < -0.3 is 9.72 Å². The van der Waals surface area contributed by atoms with E-state index in [2.05, 4.69) is 20.9 Å². The summed E-state index contributed by atoms with van der Waals surface area (Å²) >= 11 is 1.60. The van der Waals surface area contributed by atoms with Gasteiger partial charge in [0, 0.05) is 36.3 Å². The fourth-order valence-corrected chi connectivity index (χ4v) is 4.53. The normalized spacial score (nSPS) is 16.2. The minimum Gasteiger partial charge on any atom is -0.317 e. The molecule has 4 aromatic rings. The SMILES string of the molecule is Cc1cn2cc(-c3cn4cc(C5CCNCC5)nc4s3)cc(F)c2n1. The minimum absolute atomic E-state index is 0.299. The molecule has 0 spiro atoms. The number of rotatable bonds is 2. The zero-order valence-electron chi connectivity index (χ0n) is 13.9. The van der Waals surface area contributed by atoms with Gasteiger partial charge in [-0.05, 0) is 38.9 Å². The number of fused-ring (bicyclic) bond motifs is 2. The lowest BCUT2D eigenvalue weighted by molar-refractivity contribution is 0.454. The van der Waals surface area contributed by atoms with E-state index in [1.807, 2.05) is 25.5 Å². The van der Waals surface area contributed by atoms with Gasteiger partial charge in [-0.15, -0.1) is 0 Å². The first-order chi connectivity index (χ1) is 12.2. The first-order valence-corrected chi connectivity index (χ1v) is 9.33. The van der Waals surface area contributed by atoms with Crippen molar-refractivity contribution in [3.05, 3.63) is 48.1 Å². The van der Waals surface area contributed by atoms with E-state index in [0.717, 1.165) is 47.0 Å². The Kier molecular flexibility index (Phi) is 3.39. The second-order valence-corrected chi connectivity index (χ2v) is 7.67. The van der Waals surface area contributed by atoms with Gasteiger partial charge in [0.1, 0.15) is 0 Å². The first-order valence-electron chi connectivity index (χ1n) is 8.52. The van der Waals surface area contributed by atoms with Gasteiger partial charge in [-0.2, -0.15) is 0 Å². The Morgan fingerprint density at radius 1 is 1.12 bits per heavy atom. The molecule has 1 aliphatic rings. The molecular weight excluding hydrogens is 337 g/mol. The summed E-state index contributed by atoms with van der Waals surface area (Å²) in [6.07, 6.45) is 10.2. The number of imidazole rings is 2. The molecule has 1 N–H and O–H groups in total. The fourth-order valence-electron chi connectivity index (χ4n) is 3.58. The van der Waals surface area contributed by atoms with Crippen LogP contribution in [0.2, 0.25) is 0 Å². The van der Waals surface area contributed by atoms with E-state index in [1.165, 1.54) is 5.69 Å². The lowest BCUT2D eigenvalue weighted by Gasteiger charge is -2.20. The highest BCUT2D eigenvalue weighted by Crippen LogP contribution is 2.32. The average Bonchev–Trinajstić information content (AvgIpc) is 3.27. The highest BCUT2D eigenvalue weighted by molar-refractivity contribution is 7.20. The second kappa shape index (κ2) is 5.64. The fraction of sp³-hybridized carbons (Fsp3) is 0.333. The molecule has 128 valence electrons. The molecule has 0 radical (unpaired) electrons. The van der Waals surface area contributed by atoms with E-state index in [4.69, 9.17) is 4.98 Å². The van der Waals surface area contributed by atoms with Gasteiger partial charge in [0.25, 0.3) is 0 Å². The largest absolute Gasteiger partial charge is 0.317 e. The van der Waals surface area contributed by atoms with Crippen molar-refractivity contribution in [2.24, 2.45) is 0 Å². The summed E-state index contributed by atoms with van der Waals surface area (Å²) in [7, 11) is 0. The zero-order valence-corrected chi connectivity index (χ0v) is 14.7. The molecule has 5 rings (SSSR count). The van der Waals surface area contributed by atoms with Crippen molar-refractivity contribution < 1.29 is 4.39 Å². The molecule has 5 heterocycles. The number of hydrogen-bond acceptors (Lipinski definition) is 4. The number of piperidine rings is 1. The summed E-state index contributed by atoms with van der Waals surface area (Å²) in [5.41, 5.74) is 3.20. The van der Waals surface area contributed by atoms with Crippen molar-refractivity contribution in [1.29, 1.82) is 0 Å². The summed E-state index contributed by atoms with van der Waals surface area (Å²) in [6.45, 7) is 3.99. The van der Waals surface area contributed by atoms with E-state index in [9.17, 15) is 4.39 Å². The maximum absolute atomic E-state index is 14.3. The Hall–Kier alpha value is -2.25. The summed E-state index contributed by atoms with van der Waals surface area (Å²) in [5.74, 6) is 0.242. The summed E-state index contributed by atoms with van der Waals surface area (Å²) in [4.78, 5) is 11.0. The van der Waals surface area contributed by atoms with Crippen LogP contribution in [-0.2, 0) is 0 Å². The monoisotopic (exact) mass is 355 g/mol. The molecule has 5 nitrogen and oxygen atoms in total. The van der Waals surface area contributed by atoms with Crippen molar-refractivity contribution in [2.45, 2.75) is 25.7 Å². The average molecular weight is 355 g/mol. The van der Waals surface area contributed by atoms with Crippen LogP contribution in [0.1, 0.15) is 30.1 Å². The van der Waals surface area contributed by atoms with Crippen molar-refractivity contribution in [1.82, 2.24) is 24.1 Å². The molecule has 4 aromatic heterocycles. The smallest absolute Gasteiger partial charge is 0.194 e. The highest BCUT2D eigenvalue weighted by atomic mass is 32.1. The number of aryl methyl sites for hydroxylation is 1. The molecular formula is C18H18FN5S. The Bertz CT molecular complexity index is 1040. The number of pyridine rings is 1. The molecule has 0 aliphatic carbocycles. The third-order valence-electron chi connectivity index (χ3n) is 4.84. The number of halogens is 1. The van der Waals surface area contributed by atoms with Gasteiger partial charge in [-0.25, -0.2) is 14.4 Å². The third kappa shape index (κ3) is 2.54. The van der Waals surface area contributed by atoms with E-state index in [1.54, 1.807) is 21.8 Å². The molecule has 0 amide bonds. The Labute approximate surface area is 148 Å². The van der Waals surface area contributed by atoms with Crippen LogP contribution in [0.15, 0.2) is 30.9 Å². The Morgan fingerprint density at radius 2 is 1.96 bits per heavy atom. The third-order valence-corrected chi connectivity index (χ3v) is 5.89. The molecule has 1 saturated heterocycles. The zero-order chi connectivity index (χ0) is 17.0. The Morgan fingerprint density at radius 3 is 2.76 bits per heavy atom. The molecule has 0 unspecified atom stereocenters. The van der Waals surface area contributed by atoms with Crippen LogP contribution in [0.25, 0.3) is 21.0 Å². The number of aromatic nitrogens is 4. The van der Waals surface area contributed by atoms with Gasteiger partial charge in [0.2, 0.25) is 0 Å². The van der Waals surface area contributed by atoms with Crippen LogP contribution in [0.4, 0.5) is 4.39 Å². The molecule has 25 heavy (non-hydrogen) atoms. The van der Waals surface area contributed by atoms with Gasteiger partial charge in [0.15, 0.2) is 16.4 Å². The molecule has 0 atom stereocenters. The van der Waals surface area contributed by atoms with Crippen molar-refractivity contribution >= 4 is 21.9 Å². The van der Waals surface area contributed by atoms with E-state index in [0.29, 0.717) is 11.6 Å². The summed E-state index contributed by atoms with van der Waals surface area (Å²) in [5, 5.41) is 3.39. The summed E-state index contributed by atoms with van der Waals surface area (Å²) in [6, 6.07) is 1.56. The molecule has 0 saturated carbocycles. The van der Waals surface area contributed by atoms with Gasteiger partial charge in [-0.3, -0.25) is 4.40 Å². The maximum atomic E-state index is 14.3. The van der Waals surface area contributed by atoms with Crippen LogP contribution in [-0.4, -0.2) is 31.9 Å². The predicted molar refractivity (Wildman–Crippen MR) is 96.8 cm³/mol. The number of hydrogen-bond donors (Lipinski definition) is 1. The predicted octanol–water partition coefficient (Wildman–Crippen LogP) is 3.63. The van der Waals surface area contributed by atoms with Gasteiger partial charge >= 0.3 is 0 Å². The van der Waals surface area contributed by atoms with Crippen LogP contribution >= 0.6 is 11.3 Å². The van der Waals surface area contributed by atoms with Crippen LogP contribution in [0, 0.1) is 12.7 Å². The van der Waals surface area contributed by atoms with E-state index < -0.39 is 0 Å². The molecule has 1 aliphatic heterocycles. The van der Waals surface area contributed by atoms with Crippen LogP contribution in [0.5, 0.6) is 0 Å².